The van der Waals surface area contributed by atoms with E-state index in [4.69, 9.17) is 5.73 Å². The van der Waals surface area contributed by atoms with Crippen molar-refractivity contribution in [1.82, 2.24) is 5.32 Å². The molecule has 1 aromatic rings. The first-order valence-corrected chi connectivity index (χ1v) is 7.45. The zero-order valence-electron chi connectivity index (χ0n) is 12.6. The first-order valence-electron chi connectivity index (χ1n) is 7.45. The maximum Gasteiger partial charge on any atom is 0.220 e. The molecule has 0 bridgehead atoms. The second-order valence-corrected chi connectivity index (χ2v) is 5.13. The molecule has 112 valence electrons. The molecule has 20 heavy (non-hydrogen) atoms. The van der Waals surface area contributed by atoms with Gasteiger partial charge in [-0.2, -0.15) is 0 Å². The number of benzene rings is 1. The van der Waals surface area contributed by atoms with Crippen molar-refractivity contribution in [2.45, 2.75) is 39.2 Å². The van der Waals surface area contributed by atoms with Gasteiger partial charge in [0, 0.05) is 37.8 Å². The summed E-state index contributed by atoms with van der Waals surface area (Å²) < 4.78 is 0. The minimum absolute atomic E-state index is 0.0920. The Bertz CT molecular complexity index is 379. The standard InChI is InChI=1S/C16H27N3O/c1-3-19(15-8-5-4-6-9-15)13-7-12-18-16(20)11-10-14(2)17/h4-6,8-9,14H,3,7,10-13,17H2,1-2H3,(H,18,20). The van der Waals surface area contributed by atoms with Crippen LogP contribution in [-0.2, 0) is 4.79 Å². The highest BCUT2D eigenvalue weighted by molar-refractivity contribution is 5.75. The number of para-hydroxylation sites is 1. The van der Waals surface area contributed by atoms with Crippen LogP contribution in [0, 0.1) is 0 Å². The van der Waals surface area contributed by atoms with E-state index in [1.807, 2.05) is 25.1 Å². The number of carbonyl (C=O) groups is 1. The average Bonchev–Trinajstić information content (AvgIpc) is 2.46. The Morgan fingerprint density at radius 1 is 1.35 bits per heavy atom. The number of nitrogens with one attached hydrogen (secondary N) is 1. The van der Waals surface area contributed by atoms with Crippen molar-refractivity contribution < 1.29 is 4.79 Å². The Morgan fingerprint density at radius 2 is 2.05 bits per heavy atom. The molecule has 0 aliphatic rings. The van der Waals surface area contributed by atoms with Crippen molar-refractivity contribution >= 4 is 11.6 Å². The van der Waals surface area contributed by atoms with Gasteiger partial charge in [-0.25, -0.2) is 0 Å². The van der Waals surface area contributed by atoms with E-state index >= 15 is 0 Å². The molecule has 1 rings (SSSR count). The van der Waals surface area contributed by atoms with Gasteiger partial charge >= 0.3 is 0 Å². The van der Waals surface area contributed by atoms with Crippen molar-refractivity contribution in [2.75, 3.05) is 24.5 Å². The molecule has 4 nitrogen and oxygen atoms in total. The molecule has 0 saturated carbocycles. The summed E-state index contributed by atoms with van der Waals surface area (Å²) in [7, 11) is 0. The van der Waals surface area contributed by atoms with Crippen LogP contribution >= 0.6 is 0 Å². The third kappa shape index (κ3) is 6.57. The van der Waals surface area contributed by atoms with Crippen molar-refractivity contribution in [1.29, 1.82) is 0 Å². The van der Waals surface area contributed by atoms with E-state index in [2.05, 4.69) is 29.3 Å². The largest absolute Gasteiger partial charge is 0.372 e. The minimum atomic E-state index is 0.0920. The van der Waals surface area contributed by atoms with E-state index in [0.717, 1.165) is 32.5 Å². The first-order chi connectivity index (χ1) is 9.63. The highest BCUT2D eigenvalue weighted by Crippen LogP contribution is 2.12. The first kappa shape index (κ1) is 16.5. The van der Waals surface area contributed by atoms with E-state index < -0.39 is 0 Å². The van der Waals surface area contributed by atoms with Crippen molar-refractivity contribution in [3.8, 4) is 0 Å². The molecule has 0 aromatic heterocycles. The molecule has 0 aliphatic carbocycles. The van der Waals surface area contributed by atoms with Crippen LogP contribution in [0.25, 0.3) is 0 Å². The van der Waals surface area contributed by atoms with E-state index in [-0.39, 0.29) is 11.9 Å². The lowest BCUT2D eigenvalue weighted by molar-refractivity contribution is -0.121. The summed E-state index contributed by atoms with van der Waals surface area (Å²) >= 11 is 0. The highest BCUT2D eigenvalue weighted by Gasteiger charge is 2.05. The molecule has 0 fully saturated rings. The number of anilines is 1. The van der Waals surface area contributed by atoms with Gasteiger partial charge in [0.25, 0.3) is 0 Å². The van der Waals surface area contributed by atoms with E-state index in [0.29, 0.717) is 6.42 Å². The van der Waals surface area contributed by atoms with Crippen LogP contribution in [0.3, 0.4) is 0 Å². The Balaban J connectivity index is 2.21. The molecule has 3 N–H and O–H groups in total. The minimum Gasteiger partial charge on any atom is -0.372 e. The van der Waals surface area contributed by atoms with Gasteiger partial charge in [0.2, 0.25) is 5.91 Å². The number of carbonyl (C=O) groups excluding carboxylic acids is 1. The maximum atomic E-state index is 11.6. The Kier molecular flexibility index (Phi) is 7.73. The molecule has 1 unspecified atom stereocenters. The molecule has 0 aliphatic heterocycles. The van der Waals surface area contributed by atoms with Gasteiger partial charge in [-0.05, 0) is 38.8 Å². The SMILES string of the molecule is CCN(CCCNC(=O)CCC(C)N)c1ccccc1. The van der Waals surface area contributed by atoms with E-state index in [1.54, 1.807) is 0 Å². The van der Waals surface area contributed by atoms with Crippen LogP contribution in [0.4, 0.5) is 5.69 Å². The van der Waals surface area contributed by atoms with Crippen molar-refractivity contribution in [2.24, 2.45) is 5.73 Å². The van der Waals surface area contributed by atoms with E-state index in [9.17, 15) is 4.79 Å². The van der Waals surface area contributed by atoms with Crippen molar-refractivity contribution in [3.63, 3.8) is 0 Å². The Labute approximate surface area is 122 Å². The second kappa shape index (κ2) is 9.37. The molecule has 1 aromatic carbocycles. The molecule has 0 spiro atoms. The lowest BCUT2D eigenvalue weighted by Crippen LogP contribution is -2.30. The van der Waals surface area contributed by atoms with Crippen LogP contribution in [0.15, 0.2) is 30.3 Å². The van der Waals surface area contributed by atoms with Gasteiger partial charge in [0.15, 0.2) is 0 Å². The van der Waals surface area contributed by atoms with Crippen LogP contribution in [0.2, 0.25) is 0 Å². The molecule has 0 saturated heterocycles. The molecule has 1 amide bonds. The fourth-order valence-corrected chi connectivity index (χ4v) is 2.05. The van der Waals surface area contributed by atoms with Gasteiger partial charge in [-0.1, -0.05) is 18.2 Å². The number of nitrogens with two attached hydrogens (primary N) is 1. The molecular formula is C16H27N3O. The van der Waals surface area contributed by atoms with Gasteiger partial charge < -0.3 is 16.0 Å². The highest BCUT2D eigenvalue weighted by atomic mass is 16.1. The molecule has 4 heteroatoms. The van der Waals surface area contributed by atoms with E-state index in [1.165, 1.54) is 5.69 Å². The van der Waals surface area contributed by atoms with Gasteiger partial charge in [0.1, 0.15) is 0 Å². The molecule has 1 atom stereocenters. The second-order valence-electron chi connectivity index (χ2n) is 5.13. The number of nitrogens with zero attached hydrogens (tertiary/aromatic N) is 1. The molecule has 0 heterocycles. The fraction of sp³-hybridized carbons (Fsp3) is 0.562. The zero-order chi connectivity index (χ0) is 14.8. The summed E-state index contributed by atoms with van der Waals surface area (Å²) in [5, 5.41) is 2.95. The van der Waals surface area contributed by atoms with Gasteiger partial charge in [-0.3, -0.25) is 4.79 Å². The predicted octanol–water partition coefficient (Wildman–Crippen LogP) is 2.15. The molecular weight excluding hydrogens is 250 g/mol. The summed E-state index contributed by atoms with van der Waals surface area (Å²) in [5.74, 6) is 0.102. The average molecular weight is 277 g/mol. The predicted molar refractivity (Wildman–Crippen MR) is 84.8 cm³/mol. The summed E-state index contributed by atoms with van der Waals surface area (Å²) in [4.78, 5) is 13.9. The maximum absolute atomic E-state index is 11.6. The summed E-state index contributed by atoms with van der Waals surface area (Å²) in [6.07, 6.45) is 2.22. The lowest BCUT2D eigenvalue weighted by atomic mass is 10.2. The number of rotatable bonds is 9. The Hall–Kier alpha value is -1.55. The van der Waals surface area contributed by atoms with Gasteiger partial charge in [0.05, 0.1) is 0 Å². The van der Waals surface area contributed by atoms with Crippen LogP contribution in [0.5, 0.6) is 0 Å². The number of hydrogen-bond donors (Lipinski definition) is 2. The summed E-state index contributed by atoms with van der Waals surface area (Å²) in [5.41, 5.74) is 6.87. The number of hydrogen-bond acceptors (Lipinski definition) is 3. The lowest BCUT2D eigenvalue weighted by Gasteiger charge is -2.23. The summed E-state index contributed by atoms with van der Waals surface area (Å²) in [6, 6.07) is 10.4. The summed E-state index contributed by atoms with van der Waals surface area (Å²) in [6.45, 7) is 6.72. The monoisotopic (exact) mass is 277 g/mol. The topological polar surface area (TPSA) is 58.4 Å². The zero-order valence-corrected chi connectivity index (χ0v) is 12.6. The molecule has 0 radical (unpaired) electrons. The van der Waals surface area contributed by atoms with Crippen LogP contribution < -0.4 is 16.0 Å². The van der Waals surface area contributed by atoms with Crippen LogP contribution in [-0.4, -0.2) is 31.6 Å². The van der Waals surface area contributed by atoms with Crippen molar-refractivity contribution in [3.05, 3.63) is 30.3 Å². The normalized spacial score (nSPS) is 11.9. The quantitative estimate of drug-likeness (QED) is 0.680. The Morgan fingerprint density at radius 3 is 2.65 bits per heavy atom. The fourth-order valence-electron chi connectivity index (χ4n) is 2.05. The van der Waals surface area contributed by atoms with Crippen LogP contribution in [0.1, 0.15) is 33.1 Å². The third-order valence-corrected chi connectivity index (χ3v) is 3.26. The number of amides is 1. The van der Waals surface area contributed by atoms with Gasteiger partial charge in [-0.15, -0.1) is 0 Å². The third-order valence-electron chi connectivity index (χ3n) is 3.26. The smallest absolute Gasteiger partial charge is 0.220 e.